The highest BCUT2D eigenvalue weighted by atomic mass is 16.6. The van der Waals surface area contributed by atoms with E-state index < -0.39 is 0 Å². The van der Waals surface area contributed by atoms with Crippen LogP contribution in [0.2, 0.25) is 0 Å². The van der Waals surface area contributed by atoms with E-state index in [4.69, 9.17) is 4.74 Å². The number of aryl methyl sites for hydroxylation is 1. The van der Waals surface area contributed by atoms with Crippen molar-refractivity contribution in [3.63, 3.8) is 0 Å². The van der Waals surface area contributed by atoms with Gasteiger partial charge >= 0.3 is 0 Å². The number of nitro benzene ring substituents is 1. The third-order valence-electron chi connectivity index (χ3n) is 5.35. The van der Waals surface area contributed by atoms with Gasteiger partial charge in [-0.2, -0.15) is 0 Å². The molecule has 0 N–H and O–H groups in total. The molecular formula is C22H23N3O3. The average Bonchev–Trinajstić information content (AvgIpc) is 3.10. The molecule has 0 aliphatic carbocycles. The van der Waals surface area contributed by atoms with Gasteiger partial charge in [0.15, 0.2) is 0 Å². The number of para-hydroxylation sites is 1. The Bertz CT molecular complexity index is 965. The van der Waals surface area contributed by atoms with Gasteiger partial charge in [-0.05, 0) is 36.2 Å². The van der Waals surface area contributed by atoms with E-state index in [1.165, 1.54) is 5.69 Å². The Labute approximate surface area is 164 Å². The summed E-state index contributed by atoms with van der Waals surface area (Å²) in [7, 11) is 1.66. The number of nitrogens with zero attached hydrogens (tertiary/aromatic N) is 3. The molecule has 1 aliphatic heterocycles. The summed E-state index contributed by atoms with van der Waals surface area (Å²) in [4.78, 5) is 13.5. The van der Waals surface area contributed by atoms with Crippen molar-refractivity contribution < 1.29 is 9.66 Å². The second-order valence-corrected chi connectivity index (χ2v) is 7.01. The van der Waals surface area contributed by atoms with Gasteiger partial charge in [-0.3, -0.25) is 15.0 Å². The van der Waals surface area contributed by atoms with Gasteiger partial charge in [0, 0.05) is 43.2 Å². The summed E-state index contributed by atoms with van der Waals surface area (Å²) in [6.45, 7) is 2.34. The molecular weight excluding hydrogens is 354 g/mol. The number of aromatic nitrogens is 1. The van der Waals surface area contributed by atoms with Crippen molar-refractivity contribution in [2.45, 2.75) is 25.6 Å². The van der Waals surface area contributed by atoms with E-state index in [2.05, 4.69) is 39.9 Å². The Balaban J connectivity index is 1.75. The molecule has 6 heteroatoms. The molecule has 4 rings (SSSR count). The lowest BCUT2D eigenvalue weighted by molar-refractivity contribution is -0.385. The van der Waals surface area contributed by atoms with Crippen LogP contribution in [-0.2, 0) is 13.1 Å². The fourth-order valence-corrected chi connectivity index (χ4v) is 4.02. The molecule has 144 valence electrons. The Morgan fingerprint density at radius 1 is 1.07 bits per heavy atom. The molecule has 1 aliphatic rings. The lowest BCUT2D eigenvalue weighted by atomic mass is 10.0. The van der Waals surface area contributed by atoms with E-state index in [0.29, 0.717) is 6.54 Å². The highest BCUT2D eigenvalue weighted by molar-refractivity contribution is 5.40. The van der Waals surface area contributed by atoms with Crippen molar-refractivity contribution in [2.75, 3.05) is 13.7 Å². The molecule has 6 nitrogen and oxygen atoms in total. The van der Waals surface area contributed by atoms with Gasteiger partial charge in [0.25, 0.3) is 5.69 Å². The second kappa shape index (κ2) is 7.86. The van der Waals surface area contributed by atoms with E-state index in [0.717, 1.165) is 36.4 Å². The number of hydrogen-bond acceptors (Lipinski definition) is 4. The molecule has 28 heavy (non-hydrogen) atoms. The Morgan fingerprint density at radius 2 is 1.86 bits per heavy atom. The Morgan fingerprint density at radius 3 is 2.61 bits per heavy atom. The lowest BCUT2D eigenvalue weighted by Crippen LogP contribution is -2.29. The maximum Gasteiger partial charge on any atom is 0.273 e. The molecule has 0 amide bonds. The predicted molar refractivity (Wildman–Crippen MR) is 107 cm³/mol. The number of ether oxygens (including phenoxy) is 1. The van der Waals surface area contributed by atoms with Crippen LogP contribution in [0.4, 0.5) is 5.69 Å². The maximum absolute atomic E-state index is 11.5. The monoisotopic (exact) mass is 377 g/mol. The average molecular weight is 377 g/mol. The van der Waals surface area contributed by atoms with Crippen LogP contribution < -0.4 is 4.74 Å². The highest BCUT2D eigenvalue weighted by Crippen LogP contribution is 2.34. The van der Waals surface area contributed by atoms with Gasteiger partial charge in [-0.25, -0.2) is 0 Å². The first kappa shape index (κ1) is 18.3. The lowest BCUT2D eigenvalue weighted by Gasteiger charge is -2.30. The van der Waals surface area contributed by atoms with Crippen LogP contribution in [0.25, 0.3) is 0 Å². The highest BCUT2D eigenvalue weighted by Gasteiger charge is 2.29. The zero-order chi connectivity index (χ0) is 19.5. The summed E-state index contributed by atoms with van der Waals surface area (Å²) in [5.41, 5.74) is 3.28. The minimum absolute atomic E-state index is 0.0308. The maximum atomic E-state index is 11.5. The van der Waals surface area contributed by atoms with Gasteiger partial charge in [0.1, 0.15) is 5.75 Å². The van der Waals surface area contributed by atoms with Gasteiger partial charge in [-0.15, -0.1) is 0 Å². The van der Waals surface area contributed by atoms with Gasteiger partial charge < -0.3 is 9.30 Å². The molecule has 3 aromatic rings. The summed E-state index contributed by atoms with van der Waals surface area (Å²) in [6.07, 6.45) is 3.11. The van der Waals surface area contributed by atoms with Gasteiger partial charge in [0.05, 0.1) is 18.1 Å². The Kier molecular flexibility index (Phi) is 5.12. The first-order chi connectivity index (χ1) is 13.7. The standard InChI is InChI=1S/C22H23N3O3/c1-28-19-11-9-17(10-12-19)22-21-8-4-13-23(21)14-5-15-24(22)16-18-6-2-3-7-20(18)25(26)27/h2-4,6-13,22H,5,14-16H2,1H3. The number of hydrogen-bond donors (Lipinski definition) is 0. The first-order valence-corrected chi connectivity index (χ1v) is 9.42. The van der Waals surface area contributed by atoms with Crippen molar-refractivity contribution in [2.24, 2.45) is 0 Å². The first-order valence-electron chi connectivity index (χ1n) is 9.42. The van der Waals surface area contributed by atoms with Crippen LogP contribution in [0, 0.1) is 10.1 Å². The van der Waals surface area contributed by atoms with Crippen molar-refractivity contribution in [1.82, 2.24) is 9.47 Å². The summed E-state index contributed by atoms with van der Waals surface area (Å²) in [5.74, 6) is 0.818. The van der Waals surface area contributed by atoms with E-state index in [-0.39, 0.29) is 16.7 Å². The van der Waals surface area contributed by atoms with E-state index >= 15 is 0 Å². The summed E-state index contributed by atoms with van der Waals surface area (Å²) in [6, 6.07) is 19.4. The number of nitro groups is 1. The quantitative estimate of drug-likeness (QED) is 0.488. The summed E-state index contributed by atoms with van der Waals surface area (Å²) in [5, 5.41) is 11.5. The SMILES string of the molecule is COc1ccc(C2c3cccn3CCCN2Cc2ccccc2[N+](=O)[O-])cc1. The molecule has 0 saturated heterocycles. The molecule has 0 saturated carbocycles. The number of methoxy groups -OCH3 is 1. The van der Waals surface area contributed by atoms with Crippen molar-refractivity contribution in [3.8, 4) is 5.75 Å². The molecule has 0 radical (unpaired) electrons. The molecule has 1 aromatic heterocycles. The number of benzene rings is 2. The largest absolute Gasteiger partial charge is 0.497 e. The molecule has 0 spiro atoms. The van der Waals surface area contributed by atoms with Gasteiger partial charge in [0.2, 0.25) is 0 Å². The Hall–Kier alpha value is -3.12. The molecule has 2 heterocycles. The minimum atomic E-state index is -0.293. The van der Waals surface area contributed by atoms with Crippen LogP contribution in [0.5, 0.6) is 5.75 Å². The van der Waals surface area contributed by atoms with Crippen LogP contribution in [0.3, 0.4) is 0 Å². The van der Waals surface area contributed by atoms with Crippen LogP contribution in [0.15, 0.2) is 66.9 Å². The summed E-state index contributed by atoms with van der Waals surface area (Å²) < 4.78 is 7.59. The van der Waals surface area contributed by atoms with Crippen LogP contribution in [-0.4, -0.2) is 28.0 Å². The van der Waals surface area contributed by atoms with Crippen LogP contribution in [0.1, 0.15) is 29.3 Å². The van der Waals surface area contributed by atoms with Crippen molar-refractivity contribution >= 4 is 5.69 Å². The van der Waals surface area contributed by atoms with Gasteiger partial charge in [-0.1, -0.05) is 30.3 Å². The second-order valence-electron chi connectivity index (χ2n) is 7.01. The fourth-order valence-electron chi connectivity index (χ4n) is 4.02. The molecule has 2 aromatic carbocycles. The third-order valence-corrected chi connectivity index (χ3v) is 5.35. The fraction of sp³-hybridized carbons (Fsp3) is 0.273. The van der Waals surface area contributed by atoms with E-state index in [1.807, 2.05) is 24.3 Å². The zero-order valence-electron chi connectivity index (χ0n) is 15.8. The topological polar surface area (TPSA) is 60.5 Å². The van der Waals surface area contributed by atoms with Crippen molar-refractivity contribution in [1.29, 1.82) is 0 Å². The van der Waals surface area contributed by atoms with E-state index in [9.17, 15) is 10.1 Å². The normalized spacial score (nSPS) is 17.0. The number of fused-ring (bicyclic) bond motifs is 1. The van der Waals surface area contributed by atoms with Crippen molar-refractivity contribution in [3.05, 3.63) is 93.8 Å². The predicted octanol–water partition coefficient (Wildman–Crippen LogP) is 4.40. The summed E-state index contributed by atoms with van der Waals surface area (Å²) >= 11 is 0. The molecule has 1 atom stereocenters. The third kappa shape index (κ3) is 3.51. The zero-order valence-corrected chi connectivity index (χ0v) is 15.8. The smallest absolute Gasteiger partial charge is 0.273 e. The molecule has 0 bridgehead atoms. The number of rotatable bonds is 5. The molecule has 0 fully saturated rings. The minimum Gasteiger partial charge on any atom is -0.497 e. The molecule has 1 unspecified atom stereocenters. The van der Waals surface area contributed by atoms with E-state index in [1.54, 1.807) is 19.2 Å². The van der Waals surface area contributed by atoms with Crippen LogP contribution >= 0.6 is 0 Å².